The van der Waals surface area contributed by atoms with Crippen molar-refractivity contribution in [2.75, 3.05) is 12.0 Å². The molecule has 3 aromatic carbocycles. The quantitative estimate of drug-likeness (QED) is 0.406. The van der Waals surface area contributed by atoms with Gasteiger partial charge in [0.05, 0.1) is 24.7 Å². The summed E-state index contributed by atoms with van der Waals surface area (Å²) in [5.41, 5.74) is 13.1. The predicted octanol–water partition coefficient (Wildman–Crippen LogP) is 6.33. The molecule has 0 saturated heterocycles. The zero-order chi connectivity index (χ0) is 27.7. The molecule has 1 atom stereocenters. The molecule has 2 N–H and O–H groups in total. The summed E-state index contributed by atoms with van der Waals surface area (Å²) in [7, 11) is 1.60. The monoisotopic (exact) mass is 523 g/mol. The molecule has 0 amide bonds. The van der Waals surface area contributed by atoms with Crippen LogP contribution in [-0.4, -0.2) is 12.9 Å². The number of Topliss-reactive ketones (excluding diaryl/α,β-unsaturated/α-hetero) is 1. The third-order valence-corrected chi connectivity index (χ3v) is 7.49. The fourth-order valence-electron chi connectivity index (χ4n) is 5.50. The van der Waals surface area contributed by atoms with Gasteiger partial charge in [0.2, 0.25) is 0 Å². The van der Waals surface area contributed by atoms with E-state index in [4.69, 9.17) is 15.2 Å². The third kappa shape index (κ3) is 4.86. The van der Waals surface area contributed by atoms with Crippen LogP contribution < -0.4 is 20.1 Å². The van der Waals surface area contributed by atoms with Gasteiger partial charge in [-0.2, -0.15) is 5.26 Å². The molecule has 0 fully saturated rings. The van der Waals surface area contributed by atoms with Gasteiger partial charge in [-0.1, -0.05) is 12.1 Å². The Balaban J connectivity index is 1.61. The van der Waals surface area contributed by atoms with Gasteiger partial charge in [0, 0.05) is 23.4 Å². The lowest BCUT2D eigenvalue weighted by Gasteiger charge is -2.40. The van der Waals surface area contributed by atoms with E-state index < -0.39 is 5.92 Å². The summed E-state index contributed by atoms with van der Waals surface area (Å²) in [5.74, 6) is 0.717. The molecular weight excluding hydrogens is 493 g/mol. The number of rotatable bonds is 6. The first-order chi connectivity index (χ1) is 18.8. The van der Waals surface area contributed by atoms with Crippen LogP contribution in [0.3, 0.4) is 0 Å². The molecule has 0 aromatic heterocycles. The van der Waals surface area contributed by atoms with Gasteiger partial charge in [-0.15, -0.1) is 0 Å². The molecule has 1 aliphatic heterocycles. The minimum atomic E-state index is -0.572. The predicted molar refractivity (Wildman–Crippen MR) is 148 cm³/mol. The molecule has 0 radical (unpaired) electrons. The first-order valence-electron chi connectivity index (χ1n) is 12.9. The number of ether oxygens (including phenoxy) is 2. The molecule has 0 bridgehead atoms. The second-order valence-corrected chi connectivity index (χ2v) is 9.89. The Morgan fingerprint density at radius 3 is 2.38 bits per heavy atom. The van der Waals surface area contributed by atoms with E-state index in [1.807, 2.05) is 55.1 Å². The maximum Gasteiger partial charge on any atom is 0.161 e. The Morgan fingerprint density at radius 1 is 1.03 bits per heavy atom. The van der Waals surface area contributed by atoms with Crippen LogP contribution in [0.25, 0.3) is 0 Å². The SMILES string of the molecule is COc1ccc(N2C(N)=C(C#N)C(c3cc(COc4ccc(F)cc4)c(C)cc3C)C3=C2CCCC3=O)cc1. The highest BCUT2D eigenvalue weighted by molar-refractivity contribution is 6.01. The van der Waals surface area contributed by atoms with Crippen LogP contribution in [0.5, 0.6) is 11.5 Å². The van der Waals surface area contributed by atoms with E-state index in [0.717, 1.165) is 40.1 Å². The molecule has 2 aliphatic rings. The molecule has 0 spiro atoms. The topological polar surface area (TPSA) is 88.6 Å². The molecule has 0 saturated carbocycles. The Kier molecular flexibility index (Phi) is 7.12. The van der Waals surface area contributed by atoms with Crippen molar-refractivity contribution < 1.29 is 18.7 Å². The Bertz CT molecular complexity index is 1530. The van der Waals surface area contributed by atoms with E-state index in [9.17, 15) is 14.4 Å². The van der Waals surface area contributed by atoms with Crippen molar-refractivity contribution in [2.45, 2.75) is 45.6 Å². The largest absolute Gasteiger partial charge is 0.497 e. The Labute approximate surface area is 227 Å². The number of anilines is 1. The second kappa shape index (κ2) is 10.7. The number of allylic oxidation sites excluding steroid dienone is 3. The van der Waals surface area contributed by atoms with Crippen molar-refractivity contribution in [1.82, 2.24) is 0 Å². The minimum absolute atomic E-state index is 0.0316. The second-order valence-electron chi connectivity index (χ2n) is 9.89. The standard InChI is InChI=1S/C32H30FN3O3/c1-19-15-20(2)26(16-21(19)18-39-25-11-7-22(33)8-12-25)30-27(17-34)32(35)36(23-9-13-24(38-3)14-10-23)28-5-4-6-29(37)31(28)30/h7-16,30H,4-6,18,35H2,1-3H3. The van der Waals surface area contributed by atoms with Crippen LogP contribution in [0.15, 0.2) is 83.3 Å². The smallest absolute Gasteiger partial charge is 0.161 e. The summed E-state index contributed by atoms with van der Waals surface area (Å²) in [6.45, 7) is 4.25. The van der Waals surface area contributed by atoms with Gasteiger partial charge in [-0.25, -0.2) is 4.39 Å². The number of nitrogens with zero attached hydrogens (tertiary/aromatic N) is 2. The van der Waals surface area contributed by atoms with Crippen molar-refractivity contribution in [3.8, 4) is 17.6 Å². The van der Waals surface area contributed by atoms with Gasteiger partial charge in [0.15, 0.2) is 5.78 Å². The van der Waals surface area contributed by atoms with Crippen LogP contribution in [0.2, 0.25) is 0 Å². The first kappa shape index (κ1) is 26.1. The summed E-state index contributed by atoms with van der Waals surface area (Å²) in [5, 5.41) is 10.4. The highest BCUT2D eigenvalue weighted by Crippen LogP contribution is 2.47. The number of ketones is 1. The van der Waals surface area contributed by atoms with E-state index in [1.54, 1.807) is 19.2 Å². The molecule has 7 heteroatoms. The Hall–Kier alpha value is -4.57. The van der Waals surface area contributed by atoms with Crippen LogP contribution in [-0.2, 0) is 11.4 Å². The van der Waals surface area contributed by atoms with Crippen molar-refractivity contribution in [3.05, 3.63) is 111 Å². The third-order valence-electron chi connectivity index (χ3n) is 7.49. The number of carbonyl (C=O) groups is 1. The van der Waals surface area contributed by atoms with Gasteiger partial charge in [0.1, 0.15) is 29.7 Å². The highest BCUT2D eigenvalue weighted by Gasteiger charge is 2.41. The zero-order valence-corrected chi connectivity index (χ0v) is 22.3. The van der Waals surface area contributed by atoms with Crippen molar-refractivity contribution in [3.63, 3.8) is 0 Å². The van der Waals surface area contributed by atoms with Gasteiger partial charge in [0.25, 0.3) is 0 Å². The summed E-state index contributed by atoms with van der Waals surface area (Å²) >= 11 is 0. The fraction of sp³-hybridized carbons (Fsp3) is 0.250. The molecule has 5 rings (SSSR count). The van der Waals surface area contributed by atoms with Gasteiger partial charge < -0.3 is 15.2 Å². The van der Waals surface area contributed by atoms with Crippen LogP contribution in [0.1, 0.15) is 47.4 Å². The lowest BCUT2D eigenvalue weighted by molar-refractivity contribution is -0.116. The summed E-state index contributed by atoms with van der Waals surface area (Å²) in [6, 6.07) is 19.7. The molecule has 1 heterocycles. The number of hydrogen-bond donors (Lipinski definition) is 1. The minimum Gasteiger partial charge on any atom is -0.497 e. The van der Waals surface area contributed by atoms with Crippen LogP contribution >= 0.6 is 0 Å². The number of nitrogens with two attached hydrogens (primary N) is 1. The number of hydrogen-bond acceptors (Lipinski definition) is 6. The molecule has 1 unspecified atom stereocenters. The molecule has 39 heavy (non-hydrogen) atoms. The van der Waals surface area contributed by atoms with E-state index in [1.165, 1.54) is 12.1 Å². The number of halogens is 1. The Morgan fingerprint density at radius 2 is 1.72 bits per heavy atom. The summed E-state index contributed by atoms with van der Waals surface area (Å²) in [6.07, 6.45) is 1.82. The van der Waals surface area contributed by atoms with Crippen molar-refractivity contribution in [2.24, 2.45) is 5.73 Å². The number of nitriles is 1. The average Bonchev–Trinajstić information content (AvgIpc) is 2.93. The average molecular weight is 524 g/mol. The molecule has 198 valence electrons. The van der Waals surface area contributed by atoms with E-state index in [0.29, 0.717) is 41.3 Å². The molecule has 3 aromatic rings. The maximum atomic E-state index is 13.5. The number of aryl methyl sites for hydroxylation is 2. The fourth-order valence-corrected chi connectivity index (χ4v) is 5.50. The van der Waals surface area contributed by atoms with E-state index in [-0.39, 0.29) is 18.2 Å². The van der Waals surface area contributed by atoms with Crippen molar-refractivity contribution >= 4 is 11.5 Å². The number of methoxy groups -OCH3 is 1. The lowest BCUT2D eigenvalue weighted by atomic mass is 9.74. The van der Waals surface area contributed by atoms with E-state index in [2.05, 4.69) is 6.07 Å². The number of benzene rings is 3. The highest BCUT2D eigenvalue weighted by atomic mass is 19.1. The van der Waals surface area contributed by atoms with Gasteiger partial charge in [-0.05, 0) is 97.5 Å². The van der Waals surface area contributed by atoms with E-state index >= 15 is 0 Å². The number of carbonyl (C=O) groups excluding carboxylic acids is 1. The normalized spacial score (nSPS) is 17.2. The lowest BCUT2D eigenvalue weighted by Crippen LogP contribution is -2.38. The van der Waals surface area contributed by atoms with Crippen molar-refractivity contribution in [1.29, 1.82) is 5.26 Å². The summed E-state index contributed by atoms with van der Waals surface area (Å²) in [4.78, 5) is 15.4. The molecule has 6 nitrogen and oxygen atoms in total. The van der Waals surface area contributed by atoms with Gasteiger partial charge >= 0.3 is 0 Å². The van der Waals surface area contributed by atoms with Crippen LogP contribution in [0, 0.1) is 31.0 Å². The van der Waals surface area contributed by atoms with Crippen LogP contribution in [0.4, 0.5) is 10.1 Å². The molecular formula is C32H30FN3O3. The summed E-state index contributed by atoms with van der Waals surface area (Å²) < 4.78 is 24.6. The first-order valence-corrected chi connectivity index (χ1v) is 12.9. The van der Waals surface area contributed by atoms with Gasteiger partial charge in [-0.3, -0.25) is 9.69 Å². The molecule has 1 aliphatic carbocycles. The zero-order valence-electron chi connectivity index (χ0n) is 22.3. The maximum absolute atomic E-state index is 13.5.